The SMILES string of the molecule is O=C(NCc1ccnc(N2CCCCC2)c1)c1cnc(-c2ccccc2)nc1. The first-order valence-electron chi connectivity index (χ1n) is 9.65. The fourth-order valence-electron chi connectivity index (χ4n) is 3.33. The second kappa shape index (κ2) is 8.61. The Morgan fingerprint density at radius 1 is 0.964 bits per heavy atom. The monoisotopic (exact) mass is 373 g/mol. The zero-order valence-electron chi connectivity index (χ0n) is 15.7. The Balaban J connectivity index is 1.38. The van der Waals surface area contributed by atoms with E-state index in [1.165, 1.54) is 19.3 Å². The standard InChI is InChI=1S/C22H23N5O/c28-22(19-15-24-21(25-16-19)18-7-3-1-4-8-18)26-14-17-9-10-23-20(13-17)27-11-5-2-6-12-27/h1,3-4,7-10,13,15-16H,2,5-6,11-12,14H2,(H,26,28). The number of hydrogen-bond donors (Lipinski definition) is 1. The molecule has 1 aliphatic rings. The Bertz CT molecular complexity index is 921. The van der Waals surface area contributed by atoms with Crippen molar-refractivity contribution < 1.29 is 4.79 Å². The van der Waals surface area contributed by atoms with Gasteiger partial charge in [-0.1, -0.05) is 30.3 Å². The maximum Gasteiger partial charge on any atom is 0.254 e. The maximum absolute atomic E-state index is 12.4. The van der Waals surface area contributed by atoms with Crippen LogP contribution in [0.1, 0.15) is 35.2 Å². The van der Waals surface area contributed by atoms with Crippen molar-refractivity contribution in [1.29, 1.82) is 0 Å². The molecule has 28 heavy (non-hydrogen) atoms. The molecule has 0 atom stereocenters. The second-order valence-electron chi connectivity index (χ2n) is 6.91. The summed E-state index contributed by atoms with van der Waals surface area (Å²) < 4.78 is 0. The number of hydrogen-bond acceptors (Lipinski definition) is 5. The topological polar surface area (TPSA) is 71.0 Å². The summed E-state index contributed by atoms with van der Waals surface area (Å²) in [6.45, 7) is 2.55. The third kappa shape index (κ3) is 4.34. The molecule has 1 saturated heterocycles. The molecular formula is C22H23N5O. The molecule has 3 heterocycles. The molecule has 0 bridgehead atoms. The first kappa shape index (κ1) is 18.1. The third-order valence-corrected chi connectivity index (χ3v) is 4.89. The van der Waals surface area contributed by atoms with Gasteiger partial charge in [-0.2, -0.15) is 0 Å². The smallest absolute Gasteiger partial charge is 0.254 e. The summed E-state index contributed by atoms with van der Waals surface area (Å²) in [5.41, 5.74) is 2.41. The molecule has 0 saturated carbocycles. The van der Waals surface area contributed by atoms with Gasteiger partial charge >= 0.3 is 0 Å². The van der Waals surface area contributed by atoms with Crippen LogP contribution in [0.4, 0.5) is 5.82 Å². The molecule has 0 radical (unpaired) electrons. The van der Waals surface area contributed by atoms with Crippen molar-refractivity contribution in [1.82, 2.24) is 20.3 Å². The highest BCUT2D eigenvalue weighted by atomic mass is 16.1. The van der Waals surface area contributed by atoms with E-state index in [2.05, 4.69) is 31.2 Å². The Kier molecular flexibility index (Phi) is 5.56. The van der Waals surface area contributed by atoms with Gasteiger partial charge in [0.2, 0.25) is 0 Å². The molecule has 0 aliphatic carbocycles. The third-order valence-electron chi connectivity index (χ3n) is 4.89. The van der Waals surface area contributed by atoms with E-state index in [0.717, 1.165) is 30.0 Å². The number of benzene rings is 1. The molecule has 1 fully saturated rings. The largest absolute Gasteiger partial charge is 0.357 e. The zero-order valence-corrected chi connectivity index (χ0v) is 15.7. The van der Waals surface area contributed by atoms with Crippen molar-refractivity contribution >= 4 is 11.7 Å². The Labute approximate surface area is 164 Å². The second-order valence-corrected chi connectivity index (χ2v) is 6.91. The van der Waals surface area contributed by atoms with Crippen LogP contribution in [0.25, 0.3) is 11.4 Å². The number of piperidine rings is 1. The van der Waals surface area contributed by atoms with E-state index in [-0.39, 0.29) is 5.91 Å². The normalized spacial score (nSPS) is 13.9. The van der Waals surface area contributed by atoms with Crippen molar-refractivity contribution in [2.75, 3.05) is 18.0 Å². The number of nitrogens with zero attached hydrogens (tertiary/aromatic N) is 4. The van der Waals surface area contributed by atoms with Gasteiger partial charge in [0.05, 0.1) is 5.56 Å². The highest BCUT2D eigenvalue weighted by molar-refractivity contribution is 5.93. The Morgan fingerprint density at radius 2 is 1.71 bits per heavy atom. The minimum Gasteiger partial charge on any atom is -0.357 e. The fourth-order valence-corrected chi connectivity index (χ4v) is 3.33. The summed E-state index contributed by atoms with van der Waals surface area (Å²) >= 11 is 0. The number of carbonyl (C=O) groups is 1. The number of carbonyl (C=O) groups excluding carboxylic acids is 1. The predicted molar refractivity (Wildman–Crippen MR) is 109 cm³/mol. The molecule has 1 aromatic carbocycles. The summed E-state index contributed by atoms with van der Waals surface area (Å²) in [5.74, 6) is 1.41. The summed E-state index contributed by atoms with van der Waals surface area (Å²) in [6.07, 6.45) is 8.65. The lowest BCUT2D eigenvalue weighted by atomic mass is 10.1. The summed E-state index contributed by atoms with van der Waals surface area (Å²) in [5, 5.41) is 2.94. The van der Waals surface area contributed by atoms with Crippen LogP contribution in [0.2, 0.25) is 0 Å². The van der Waals surface area contributed by atoms with E-state index in [1.807, 2.05) is 42.6 Å². The van der Waals surface area contributed by atoms with E-state index >= 15 is 0 Å². The van der Waals surface area contributed by atoms with E-state index < -0.39 is 0 Å². The molecule has 0 unspecified atom stereocenters. The average Bonchev–Trinajstić information content (AvgIpc) is 2.79. The van der Waals surface area contributed by atoms with E-state index in [9.17, 15) is 4.79 Å². The van der Waals surface area contributed by atoms with Crippen molar-refractivity contribution in [3.63, 3.8) is 0 Å². The number of aromatic nitrogens is 3. The van der Waals surface area contributed by atoms with Crippen molar-refractivity contribution in [2.45, 2.75) is 25.8 Å². The number of pyridine rings is 1. The minimum absolute atomic E-state index is 0.184. The highest BCUT2D eigenvalue weighted by Gasteiger charge is 2.13. The molecule has 1 aliphatic heterocycles. The maximum atomic E-state index is 12.4. The van der Waals surface area contributed by atoms with E-state index in [4.69, 9.17) is 0 Å². The molecule has 142 valence electrons. The molecular weight excluding hydrogens is 350 g/mol. The van der Waals surface area contributed by atoms with Crippen molar-refractivity contribution in [2.24, 2.45) is 0 Å². The molecule has 0 spiro atoms. The van der Waals surface area contributed by atoms with Gasteiger partial charge in [-0.3, -0.25) is 4.79 Å². The van der Waals surface area contributed by atoms with Crippen LogP contribution in [0.5, 0.6) is 0 Å². The van der Waals surface area contributed by atoms with Gasteiger partial charge in [-0.15, -0.1) is 0 Å². The van der Waals surface area contributed by atoms with Crippen LogP contribution < -0.4 is 10.2 Å². The first-order chi connectivity index (χ1) is 13.8. The molecule has 1 amide bonds. The van der Waals surface area contributed by atoms with Gasteiger partial charge in [0, 0.05) is 43.8 Å². The Hall–Kier alpha value is -3.28. The van der Waals surface area contributed by atoms with Gasteiger partial charge in [0.15, 0.2) is 5.82 Å². The zero-order chi connectivity index (χ0) is 19.2. The summed E-state index contributed by atoms with van der Waals surface area (Å²) in [4.78, 5) is 27.8. The molecule has 4 rings (SSSR count). The molecule has 6 nitrogen and oxygen atoms in total. The number of anilines is 1. The lowest BCUT2D eigenvalue weighted by Gasteiger charge is -2.27. The minimum atomic E-state index is -0.184. The van der Waals surface area contributed by atoms with Crippen molar-refractivity contribution in [3.05, 3.63) is 72.2 Å². The predicted octanol–water partition coefficient (Wildman–Crippen LogP) is 3.46. The Morgan fingerprint density at radius 3 is 2.46 bits per heavy atom. The summed E-state index contributed by atoms with van der Waals surface area (Å²) in [7, 11) is 0. The van der Waals surface area contributed by atoms with Crippen molar-refractivity contribution in [3.8, 4) is 11.4 Å². The van der Waals surface area contributed by atoms with Gasteiger partial charge in [0.1, 0.15) is 5.82 Å². The molecule has 1 N–H and O–H groups in total. The van der Waals surface area contributed by atoms with Crippen LogP contribution in [0.3, 0.4) is 0 Å². The fraction of sp³-hybridized carbons (Fsp3) is 0.273. The van der Waals surface area contributed by atoms with Crippen LogP contribution in [0, 0.1) is 0 Å². The van der Waals surface area contributed by atoms with Gasteiger partial charge in [0.25, 0.3) is 5.91 Å². The van der Waals surface area contributed by atoms with Crippen LogP contribution in [0.15, 0.2) is 61.1 Å². The molecule has 2 aromatic heterocycles. The van der Waals surface area contributed by atoms with Crippen LogP contribution in [-0.4, -0.2) is 33.9 Å². The van der Waals surface area contributed by atoms with Gasteiger partial charge in [-0.05, 0) is 37.0 Å². The van der Waals surface area contributed by atoms with Crippen LogP contribution >= 0.6 is 0 Å². The average molecular weight is 373 g/mol. The van der Waals surface area contributed by atoms with E-state index in [1.54, 1.807) is 12.4 Å². The lowest BCUT2D eigenvalue weighted by Crippen LogP contribution is -2.30. The molecule has 6 heteroatoms. The van der Waals surface area contributed by atoms with Crippen LogP contribution in [-0.2, 0) is 6.54 Å². The van der Waals surface area contributed by atoms with Gasteiger partial charge in [-0.25, -0.2) is 15.0 Å². The van der Waals surface area contributed by atoms with Gasteiger partial charge < -0.3 is 10.2 Å². The highest BCUT2D eigenvalue weighted by Crippen LogP contribution is 2.18. The number of amides is 1. The summed E-state index contributed by atoms with van der Waals surface area (Å²) in [6, 6.07) is 13.7. The quantitative estimate of drug-likeness (QED) is 0.742. The molecule has 3 aromatic rings. The lowest BCUT2D eigenvalue weighted by molar-refractivity contribution is 0.0950. The number of nitrogens with one attached hydrogen (secondary N) is 1. The number of rotatable bonds is 5. The van der Waals surface area contributed by atoms with E-state index in [0.29, 0.717) is 17.9 Å². The first-order valence-corrected chi connectivity index (χ1v) is 9.65.